The summed E-state index contributed by atoms with van der Waals surface area (Å²) in [6, 6.07) is 1.31. The van der Waals surface area contributed by atoms with Crippen LogP contribution in [0.2, 0.25) is 12.1 Å². The van der Waals surface area contributed by atoms with Crippen molar-refractivity contribution in [1.29, 1.82) is 0 Å². The van der Waals surface area contributed by atoms with Gasteiger partial charge in [-0.15, -0.1) is 0 Å². The molecule has 3 atom stereocenters. The normalized spacial score (nSPS) is 33.6. The zero-order chi connectivity index (χ0) is 11.6. The third kappa shape index (κ3) is 3.55. The van der Waals surface area contributed by atoms with Crippen LogP contribution in [0.25, 0.3) is 0 Å². The largest absolute Gasteiger partial charge is 0.411 e. The lowest BCUT2D eigenvalue weighted by molar-refractivity contribution is 0.324. The summed E-state index contributed by atoms with van der Waals surface area (Å²) in [4.78, 5) is 19.8. The molecule has 4 heteroatoms. The van der Waals surface area contributed by atoms with Gasteiger partial charge in [0.15, 0.2) is 0 Å². The second-order valence-corrected chi connectivity index (χ2v) is 8.48. The first-order valence-corrected chi connectivity index (χ1v) is 9.02. The van der Waals surface area contributed by atoms with Crippen LogP contribution in [0.15, 0.2) is 0 Å². The molecule has 2 fully saturated rings. The highest BCUT2D eigenvalue weighted by Gasteiger charge is 2.44. The van der Waals surface area contributed by atoms with Crippen LogP contribution in [-0.2, 0) is 4.74 Å². The molecule has 1 heterocycles. The van der Waals surface area contributed by atoms with Crippen molar-refractivity contribution in [3.05, 3.63) is 0 Å². The summed E-state index contributed by atoms with van der Waals surface area (Å²) in [5.41, 5.74) is 0. The summed E-state index contributed by atoms with van der Waals surface area (Å²) in [6.07, 6.45) is 7.65. The van der Waals surface area contributed by atoms with Gasteiger partial charge in [0, 0.05) is 0 Å². The second kappa shape index (κ2) is 5.17. The van der Waals surface area contributed by atoms with Crippen LogP contribution in [-0.4, -0.2) is 30.4 Å². The van der Waals surface area contributed by atoms with Crippen molar-refractivity contribution >= 4 is 8.56 Å². The van der Waals surface area contributed by atoms with Gasteiger partial charge in [-0.3, -0.25) is 0 Å². The molecule has 1 saturated carbocycles. The third-order valence-corrected chi connectivity index (χ3v) is 6.24. The fraction of sp³-hybridized carbons (Fsp3) is 1.00. The highest BCUT2D eigenvalue weighted by atomic mass is 28.4. The molecule has 0 bridgehead atoms. The van der Waals surface area contributed by atoms with Gasteiger partial charge in [-0.25, -0.2) is 0 Å². The molecule has 0 radical (unpaired) electrons. The zero-order valence-electron chi connectivity index (χ0n) is 10.2. The Hall–Kier alpha value is 0.0969. The van der Waals surface area contributed by atoms with Crippen molar-refractivity contribution in [2.75, 3.05) is 0 Å². The second-order valence-electron chi connectivity index (χ2n) is 5.52. The van der Waals surface area contributed by atoms with Gasteiger partial charge in [0.1, 0.15) is 0 Å². The zero-order valence-corrected chi connectivity index (χ0v) is 11.2. The number of hydrogen-bond acceptors (Lipinski definition) is 3. The maximum absolute atomic E-state index is 9.92. The van der Waals surface area contributed by atoms with Crippen LogP contribution >= 0.6 is 0 Å². The van der Waals surface area contributed by atoms with Crippen LogP contribution in [0.3, 0.4) is 0 Å². The van der Waals surface area contributed by atoms with Crippen LogP contribution in [0.1, 0.15) is 45.4 Å². The van der Waals surface area contributed by atoms with Crippen molar-refractivity contribution in [2.24, 2.45) is 5.92 Å². The van der Waals surface area contributed by atoms with Gasteiger partial charge in [-0.2, -0.15) is 0 Å². The summed E-state index contributed by atoms with van der Waals surface area (Å²) in [5, 5.41) is 0. The molecule has 0 aromatic rings. The first kappa shape index (κ1) is 12.6. The molecule has 2 rings (SSSR count). The van der Waals surface area contributed by atoms with E-state index >= 15 is 0 Å². The summed E-state index contributed by atoms with van der Waals surface area (Å²) in [6.45, 7) is 2.09. The predicted molar refractivity (Wildman–Crippen MR) is 65.3 cm³/mol. The van der Waals surface area contributed by atoms with Crippen molar-refractivity contribution in [3.8, 4) is 0 Å². The molecule has 0 amide bonds. The van der Waals surface area contributed by atoms with Gasteiger partial charge in [-0.1, -0.05) is 19.8 Å². The van der Waals surface area contributed by atoms with Gasteiger partial charge in [-0.05, 0) is 43.7 Å². The molecule has 16 heavy (non-hydrogen) atoms. The highest BCUT2D eigenvalue weighted by molar-refractivity contribution is 6.64. The van der Waals surface area contributed by atoms with E-state index in [9.17, 15) is 9.59 Å². The average Bonchev–Trinajstić information content (AvgIpc) is 3.02. The van der Waals surface area contributed by atoms with E-state index in [1.807, 2.05) is 0 Å². The minimum Gasteiger partial charge on any atom is -0.411 e. The molecule has 0 aromatic carbocycles. The van der Waals surface area contributed by atoms with Crippen molar-refractivity contribution < 1.29 is 14.3 Å². The number of fused-ring (bicyclic) bond motifs is 1. The van der Waals surface area contributed by atoms with Gasteiger partial charge in [0.25, 0.3) is 0 Å². The van der Waals surface area contributed by atoms with E-state index < -0.39 is 8.56 Å². The smallest absolute Gasteiger partial charge is 0.332 e. The summed E-state index contributed by atoms with van der Waals surface area (Å²) in [5.74, 6) is 0.677. The van der Waals surface area contributed by atoms with E-state index in [1.165, 1.54) is 12.8 Å². The number of hydrogen-bond donors (Lipinski definition) is 2. The highest BCUT2D eigenvalue weighted by Crippen LogP contribution is 2.41. The Morgan fingerprint density at radius 1 is 1.19 bits per heavy atom. The van der Waals surface area contributed by atoms with Crippen molar-refractivity contribution in [2.45, 2.75) is 69.7 Å². The lowest BCUT2D eigenvalue weighted by atomic mass is 9.88. The van der Waals surface area contributed by atoms with E-state index in [4.69, 9.17) is 4.74 Å². The Morgan fingerprint density at radius 2 is 2.00 bits per heavy atom. The fourth-order valence-corrected chi connectivity index (χ4v) is 4.81. The number of unbranched alkanes of at least 4 members (excludes halogenated alkanes) is 1. The quantitative estimate of drug-likeness (QED) is 0.556. The molecule has 1 saturated heterocycles. The lowest BCUT2D eigenvalue weighted by Gasteiger charge is -2.23. The Kier molecular flexibility index (Phi) is 4.05. The number of ether oxygens (including phenoxy) is 1. The fourth-order valence-electron chi connectivity index (χ4n) is 2.77. The van der Waals surface area contributed by atoms with E-state index in [0.717, 1.165) is 25.7 Å². The summed E-state index contributed by atoms with van der Waals surface area (Å²) >= 11 is 0. The minimum absolute atomic E-state index is 0.517. The molecule has 1 aliphatic carbocycles. The molecule has 1 aliphatic heterocycles. The summed E-state index contributed by atoms with van der Waals surface area (Å²) < 4.78 is 5.49. The molecular weight excluding hydrogens is 220 g/mol. The molecule has 2 N–H and O–H groups in total. The van der Waals surface area contributed by atoms with Crippen LogP contribution in [0.5, 0.6) is 0 Å². The SMILES string of the molecule is CCCC[Si](O)(O)CCC1CCC2OC2C1. The summed E-state index contributed by atoms with van der Waals surface area (Å²) in [7, 11) is -2.86. The maximum atomic E-state index is 9.92. The van der Waals surface area contributed by atoms with E-state index in [2.05, 4.69) is 6.92 Å². The molecule has 0 spiro atoms. The monoisotopic (exact) mass is 244 g/mol. The van der Waals surface area contributed by atoms with Gasteiger partial charge in [0.05, 0.1) is 12.2 Å². The molecule has 3 nitrogen and oxygen atoms in total. The third-order valence-electron chi connectivity index (χ3n) is 4.00. The van der Waals surface area contributed by atoms with E-state index in [-0.39, 0.29) is 0 Å². The maximum Gasteiger partial charge on any atom is 0.332 e. The van der Waals surface area contributed by atoms with Gasteiger partial charge >= 0.3 is 8.56 Å². The average molecular weight is 244 g/mol. The Morgan fingerprint density at radius 3 is 2.69 bits per heavy atom. The molecule has 3 unspecified atom stereocenters. The first-order chi connectivity index (χ1) is 7.61. The predicted octanol–water partition coefficient (Wildman–Crippen LogP) is 2.17. The topological polar surface area (TPSA) is 53.0 Å². The van der Waals surface area contributed by atoms with Gasteiger partial charge in [0.2, 0.25) is 0 Å². The van der Waals surface area contributed by atoms with Crippen molar-refractivity contribution in [3.63, 3.8) is 0 Å². The van der Waals surface area contributed by atoms with Crippen LogP contribution in [0, 0.1) is 5.92 Å². The Bertz CT molecular complexity index is 232. The van der Waals surface area contributed by atoms with Crippen LogP contribution < -0.4 is 0 Å². The van der Waals surface area contributed by atoms with E-state index in [1.54, 1.807) is 0 Å². The molecule has 0 aromatic heterocycles. The van der Waals surface area contributed by atoms with Crippen LogP contribution in [0.4, 0.5) is 0 Å². The van der Waals surface area contributed by atoms with E-state index in [0.29, 0.717) is 30.2 Å². The van der Waals surface area contributed by atoms with Crippen molar-refractivity contribution in [1.82, 2.24) is 0 Å². The minimum atomic E-state index is -2.86. The van der Waals surface area contributed by atoms with Gasteiger partial charge < -0.3 is 14.3 Å². The first-order valence-electron chi connectivity index (χ1n) is 6.71. The number of rotatable bonds is 6. The molecule has 2 aliphatic rings. The standard InChI is InChI=1S/C12H24O3Si/c1-2-3-7-16(13,14)8-6-10-4-5-11-12(9-10)15-11/h10-14H,2-9H2,1H3. The Labute approximate surface area is 99.1 Å². The Balaban J connectivity index is 1.65. The lowest BCUT2D eigenvalue weighted by Crippen LogP contribution is -2.35. The molecule has 94 valence electrons. The number of epoxide rings is 1. The molecular formula is C12H24O3Si.